The number of tetrazole rings is 1. The van der Waals surface area contributed by atoms with Gasteiger partial charge in [0.2, 0.25) is 0 Å². The predicted octanol–water partition coefficient (Wildman–Crippen LogP) is 2.70. The van der Waals surface area contributed by atoms with Gasteiger partial charge in [-0.1, -0.05) is 65.9 Å². The fourth-order valence-electron chi connectivity index (χ4n) is 4.15. The molecule has 0 unspecified atom stereocenters. The lowest BCUT2D eigenvalue weighted by Gasteiger charge is -2.28. The number of benzene rings is 2. The van der Waals surface area contributed by atoms with Gasteiger partial charge in [-0.15, -0.1) is 10.2 Å². The van der Waals surface area contributed by atoms with Crippen LogP contribution in [0, 0.1) is 0 Å². The maximum atomic E-state index is 4.80. The van der Waals surface area contributed by atoms with Gasteiger partial charge < -0.3 is 0 Å². The highest BCUT2D eigenvalue weighted by molar-refractivity contribution is 5.44. The van der Waals surface area contributed by atoms with Crippen molar-refractivity contribution in [2.75, 3.05) is 13.1 Å². The van der Waals surface area contributed by atoms with E-state index in [1.165, 1.54) is 22.4 Å². The molecule has 2 aromatic carbocycles. The first-order chi connectivity index (χ1) is 14.4. The summed E-state index contributed by atoms with van der Waals surface area (Å²) >= 11 is 0. The summed E-state index contributed by atoms with van der Waals surface area (Å²) in [4.78, 5) is 2.45. The van der Waals surface area contributed by atoms with Crippen LogP contribution in [0.5, 0.6) is 0 Å². The van der Waals surface area contributed by atoms with Gasteiger partial charge in [-0.2, -0.15) is 10.3 Å². The van der Waals surface area contributed by atoms with Crippen molar-refractivity contribution >= 4 is 0 Å². The van der Waals surface area contributed by atoms with E-state index in [1.807, 2.05) is 0 Å². The van der Waals surface area contributed by atoms with Gasteiger partial charge in [0.25, 0.3) is 0 Å². The van der Waals surface area contributed by atoms with Crippen LogP contribution in [-0.4, -0.2) is 48.8 Å². The summed E-state index contributed by atoms with van der Waals surface area (Å²) in [6, 6.07) is 21.3. The molecular formula is C22H23N7. The molecule has 3 heterocycles. The molecule has 0 saturated carbocycles. The fraction of sp³-hybridized carbons (Fsp3) is 0.273. The highest BCUT2D eigenvalue weighted by Gasteiger charge is 2.28. The second kappa shape index (κ2) is 7.97. The Bertz CT molecular complexity index is 1000. The topological polar surface area (TPSA) is 86.4 Å². The molecule has 2 N–H and O–H groups in total. The summed E-state index contributed by atoms with van der Waals surface area (Å²) in [6.07, 6.45) is 1.77. The van der Waals surface area contributed by atoms with E-state index in [4.69, 9.17) is 5.10 Å². The first kappa shape index (κ1) is 17.8. The van der Waals surface area contributed by atoms with Gasteiger partial charge >= 0.3 is 0 Å². The molecule has 5 rings (SSSR count). The molecule has 2 aromatic heterocycles. The van der Waals surface area contributed by atoms with Crippen LogP contribution >= 0.6 is 0 Å². The Labute approximate surface area is 169 Å². The molecule has 0 bridgehead atoms. The molecule has 7 heteroatoms. The molecule has 1 aliphatic heterocycles. The largest absolute Gasteiger partial charge is 0.298 e. The summed E-state index contributed by atoms with van der Waals surface area (Å²) < 4.78 is 0. The van der Waals surface area contributed by atoms with Crippen molar-refractivity contribution in [1.29, 1.82) is 0 Å². The van der Waals surface area contributed by atoms with Gasteiger partial charge in [0, 0.05) is 43.7 Å². The maximum absolute atomic E-state index is 4.80. The summed E-state index contributed by atoms with van der Waals surface area (Å²) in [5.41, 5.74) is 6.23. The molecule has 1 aliphatic rings. The monoisotopic (exact) mass is 385 g/mol. The third-order valence-corrected chi connectivity index (χ3v) is 5.62. The third kappa shape index (κ3) is 3.69. The molecule has 29 heavy (non-hydrogen) atoms. The van der Waals surface area contributed by atoms with Crippen molar-refractivity contribution in [2.24, 2.45) is 0 Å². The van der Waals surface area contributed by atoms with Crippen molar-refractivity contribution in [1.82, 2.24) is 35.7 Å². The van der Waals surface area contributed by atoms with E-state index in [9.17, 15) is 0 Å². The van der Waals surface area contributed by atoms with Gasteiger partial charge in [-0.3, -0.25) is 10.00 Å². The normalized spacial score (nSPS) is 14.2. The summed E-state index contributed by atoms with van der Waals surface area (Å²) in [6.45, 7) is 2.80. The first-order valence-electron chi connectivity index (χ1n) is 9.99. The molecule has 0 fully saturated rings. The Morgan fingerprint density at radius 2 is 1.66 bits per heavy atom. The zero-order chi connectivity index (χ0) is 19.5. The molecule has 4 aromatic rings. The van der Waals surface area contributed by atoms with Crippen LogP contribution in [-0.2, 0) is 19.4 Å². The SMILES string of the molecule is c1ccc(C(c2ccccc2)c2n[nH]c3c2CN(CCc2nn[nH]n2)CC3)cc1. The lowest BCUT2D eigenvalue weighted by Crippen LogP contribution is -2.32. The van der Waals surface area contributed by atoms with Gasteiger partial charge in [-0.05, 0) is 11.1 Å². The molecule has 0 saturated heterocycles. The van der Waals surface area contributed by atoms with E-state index >= 15 is 0 Å². The molecule has 0 atom stereocenters. The average Bonchev–Trinajstić information content (AvgIpc) is 3.44. The van der Waals surface area contributed by atoms with Crippen LogP contribution in [0.25, 0.3) is 0 Å². The fourth-order valence-corrected chi connectivity index (χ4v) is 4.15. The number of hydrogen-bond acceptors (Lipinski definition) is 5. The van der Waals surface area contributed by atoms with Gasteiger partial charge in [0.15, 0.2) is 5.82 Å². The van der Waals surface area contributed by atoms with E-state index in [0.717, 1.165) is 44.0 Å². The number of fused-ring (bicyclic) bond motifs is 1. The summed E-state index contributed by atoms with van der Waals surface area (Å²) in [7, 11) is 0. The summed E-state index contributed by atoms with van der Waals surface area (Å²) in [5, 5.41) is 22.4. The van der Waals surface area contributed by atoms with Crippen molar-refractivity contribution in [3.05, 3.63) is 94.6 Å². The van der Waals surface area contributed by atoms with E-state index in [-0.39, 0.29) is 5.92 Å². The highest BCUT2D eigenvalue weighted by Crippen LogP contribution is 2.35. The van der Waals surface area contributed by atoms with Crippen LogP contribution in [0.15, 0.2) is 60.7 Å². The van der Waals surface area contributed by atoms with Crippen molar-refractivity contribution in [2.45, 2.75) is 25.3 Å². The minimum absolute atomic E-state index is 0.120. The van der Waals surface area contributed by atoms with Gasteiger partial charge in [-0.25, -0.2) is 0 Å². The van der Waals surface area contributed by atoms with Crippen molar-refractivity contribution in [3.8, 4) is 0 Å². The van der Waals surface area contributed by atoms with Gasteiger partial charge in [0.1, 0.15) is 0 Å². The number of nitrogens with zero attached hydrogens (tertiary/aromatic N) is 5. The smallest absolute Gasteiger partial charge is 0.175 e. The molecule has 0 radical (unpaired) electrons. The number of aromatic amines is 2. The lowest BCUT2D eigenvalue weighted by molar-refractivity contribution is 0.254. The summed E-state index contributed by atoms with van der Waals surface area (Å²) in [5.74, 6) is 0.879. The Balaban J connectivity index is 1.45. The molecule has 7 nitrogen and oxygen atoms in total. The quantitative estimate of drug-likeness (QED) is 0.533. The number of aromatic nitrogens is 6. The van der Waals surface area contributed by atoms with Crippen LogP contribution < -0.4 is 0 Å². The number of nitrogens with one attached hydrogen (secondary N) is 2. The van der Waals surface area contributed by atoms with E-state index in [2.05, 4.69) is 91.3 Å². The van der Waals surface area contributed by atoms with Crippen LogP contribution in [0.3, 0.4) is 0 Å². The highest BCUT2D eigenvalue weighted by atomic mass is 15.5. The molecule has 0 amide bonds. The number of H-pyrrole nitrogens is 2. The Hall–Kier alpha value is -3.32. The van der Waals surface area contributed by atoms with Crippen LogP contribution in [0.2, 0.25) is 0 Å². The first-order valence-corrected chi connectivity index (χ1v) is 9.99. The van der Waals surface area contributed by atoms with Gasteiger partial charge in [0.05, 0.1) is 11.6 Å². The minimum atomic E-state index is 0.120. The Morgan fingerprint density at radius 3 is 2.31 bits per heavy atom. The van der Waals surface area contributed by atoms with E-state index in [0.29, 0.717) is 0 Å². The van der Waals surface area contributed by atoms with Crippen LogP contribution in [0.1, 0.15) is 39.8 Å². The zero-order valence-electron chi connectivity index (χ0n) is 16.1. The Kier molecular flexibility index (Phi) is 4.88. The maximum Gasteiger partial charge on any atom is 0.175 e. The standard InChI is InChI=1S/C22H23N7/c1-3-7-16(8-4-1)21(17-9-5-2-6-10-17)22-18-15-29(13-11-19(18)23-26-22)14-12-20-24-27-28-25-20/h1-10,21H,11-15H2,(H,23,26)(H,24,25,27,28). The molecular weight excluding hydrogens is 362 g/mol. The number of hydrogen-bond donors (Lipinski definition) is 2. The zero-order valence-corrected chi connectivity index (χ0v) is 16.1. The molecule has 0 spiro atoms. The third-order valence-electron chi connectivity index (χ3n) is 5.62. The van der Waals surface area contributed by atoms with Crippen molar-refractivity contribution < 1.29 is 0 Å². The van der Waals surface area contributed by atoms with E-state index in [1.54, 1.807) is 0 Å². The minimum Gasteiger partial charge on any atom is -0.298 e. The average molecular weight is 385 g/mol. The Morgan fingerprint density at radius 1 is 0.931 bits per heavy atom. The van der Waals surface area contributed by atoms with E-state index < -0.39 is 0 Å². The second-order valence-electron chi connectivity index (χ2n) is 7.42. The predicted molar refractivity (Wildman–Crippen MR) is 109 cm³/mol. The van der Waals surface area contributed by atoms with Crippen LogP contribution in [0.4, 0.5) is 0 Å². The van der Waals surface area contributed by atoms with Crippen molar-refractivity contribution in [3.63, 3.8) is 0 Å². The second-order valence-corrected chi connectivity index (χ2v) is 7.42. The number of rotatable bonds is 6. The lowest BCUT2D eigenvalue weighted by atomic mass is 9.85. The molecule has 0 aliphatic carbocycles. The molecule has 146 valence electrons.